The van der Waals surface area contributed by atoms with Crippen molar-refractivity contribution < 1.29 is 13.3 Å². The molecule has 0 N–H and O–H groups in total. The number of alkyl halides is 1. The molecule has 5 heteroatoms. The van der Waals surface area contributed by atoms with E-state index in [1.165, 1.54) is 57.8 Å². The van der Waals surface area contributed by atoms with Crippen LogP contribution in [0.3, 0.4) is 0 Å². The van der Waals surface area contributed by atoms with E-state index in [2.05, 4.69) is 22.9 Å². The third kappa shape index (κ3) is 9.50. The van der Waals surface area contributed by atoms with Crippen molar-refractivity contribution >= 4 is 24.7 Å². The monoisotopic (exact) mass is 368 g/mol. The van der Waals surface area contributed by atoms with Gasteiger partial charge in [0.15, 0.2) is 0 Å². The van der Waals surface area contributed by atoms with Crippen molar-refractivity contribution in [3.05, 3.63) is 0 Å². The second-order valence-corrected chi connectivity index (χ2v) is 9.65. The SMILES string of the molecule is CCCCCCCCCCC(Br)C[Si](OC)(OC)OC. The fraction of sp³-hybridized carbons (Fsp3) is 1.00. The van der Waals surface area contributed by atoms with Crippen molar-refractivity contribution in [2.45, 2.75) is 75.6 Å². The van der Waals surface area contributed by atoms with E-state index < -0.39 is 8.80 Å². The molecular weight excluding hydrogens is 336 g/mol. The minimum absolute atomic E-state index is 0.425. The Balaban J connectivity index is 3.60. The Morgan fingerprint density at radius 1 is 0.800 bits per heavy atom. The molecule has 0 aliphatic rings. The first-order valence-electron chi connectivity index (χ1n) is 7.93. The minimum atomic E-state index is -2.42. The Labute approximate surface area is 135 Å². The van der Waals surface area contributed by atoms with Crippen LogP contribution in [0.4, 0.5) is 0 Å². The molecule has 0 aliphatic heterocycles. The van der Waals surface area contributed by atoms with Crippen molar-refractivity contribution in [2.24, 2.45) is 0 Å². The van der Waals surface area contributed by atoms with Gasteiger partial charge in [-0.25, -0.2) is 0 Å². The average Bonchev–Trinajstić information content (AvgIpc) is 2.47. The van der Waals surface area contributed by atoms with E-state index in [0.29, 0.717) is 4.83 Å². The van der Waals surface area contributed by atoms with Crippen LogP contribution in [0.5, 0.6) is 0 Å². The van der Waals surface area contributed by atoms with Gasteiger partial charge < -0.3 is 13.3 Å². The fourth-order valence-electron chi connectivity index (χ4n) is 2.37. The molecule has 0 saturated heterocycles. The molecule has 3 nitrogen and oxygen atoms in total. The van der Waals surface area contributed by atoms with Crippen molar-refractivity contribution in [3.63, 3.8) is 0 Å². The van der Waals surface area contributed by atoms with Crippen molar-refractivity contribution in [1.29, 1.82) is 0 Å². The molecule has 1 unspecified atom stereocenters. The summed E-state index contributed by atoms with van der Waals surface area (Å²) >= 11 is 3.73. The summed E-state index contributed by atoms with van der Waals surface area (Å²) < 4.78 is 16.4. The van der Waals surface area contributed by atoms with Crippen LogP contribution in [0.25, 0.3) is 0 Å². The summed E-state index contributed by atoms with van der Waals surface area (Å²) in [7, 11) is 2.61. The normalized spacial score (nSPS) is 13.7. The Morgan fingerprint density at radius 2 is 1.25 bits per heavy atom. The molecule has 0 bridgehead atoms. The molecule has 0 aromatic heterocycles. The molecule has 0 radical (unpaired) electrons. The Hall–Kier alpha value is 0.577. The number of hydrogen-bond acceptors (Lipinski definition) is 3. The summed E-state index contributed by atoms with van der Waals surface area (Å²) in [5, 5.41) is 0. The summed E-state index contributed by atoms with van der Waals surface area (Å²) in [6.07, 6.45) is 12.0. The molecule has 0 fully saturated rings. The molecule has 0 saturated carbocycles. The number of rotatable bonds is 14. The molecule has 20 heavy (non-hydrogen) atoms. The molecule has 0 heterocycles. The first kappa shape index (κ1) is 20.6. The molecule has 0 amide bonds. The maximum Gasteiger partial charge on any atom is 0.501 e. The van der Waals surface area contributed by atoms with Gasteiger partial charge in [-0.3, -0.25) is 0 Å². The average molecular weight is 369 g/mol. The molecule has 122 valence electrons. The van der Waals surface area contributed by atoms with Crippen molar-refractivity contribution in [3.8, 4) is 0 Å². The van der Waals surface area contributed by atoms with Crippen molar-refractivity contribution in [1.82, 2.24) is 0 Å². The summed E-state index contributed by atoms with van der Waals surface area (Å²) in [5.41, 5.74) is 0. The van der Waals surface area contributed by atoms with E-state index in [0.717, 1.165) is 6.04 Å². The summed E-state index contributed by atoms with van der Waals surface area (Å²) in [6, 6.07) is 0.840. The Bertz CT molecular complexity index is 205. The molecule has 0 aromatic rings. The van der Waals surface area contributed by atoms with Gasteiger partial charge >= 0.3 is 8.80 Å². The maximum absolute atomic E-state index is 5.45. The van der Waals surface area contributed by atoms with E-state index in [9.17, 15) is 0 Å². The van der Waals surface area contributed by atoms with Crippen LogP contribution in [0.2, 0.25) is 6.04 Å². The lowest BCUT2D eigenvalue weighted by Crippen LogP contribution is -2.44. The highest BCUT2D eigenvalue weighted by atomic mass is 79.9. The topological polar surface area (TPSA) is 27.7 Å². The second-order valence-electron chi connectivity index (χ2n) is 5.36. The molecule has 0 rings (SSSR count). The van der Waals surface area contributed by atoms with E-state index in [4.69, 9.17) is 13.3 Å². The van der Waals surface area contributed by atoms with Crippen LogP contribution in [0.1, 0.15) is 64.7 Å². The summed E-state index contributed by atoms with van der Waals surface area (Å²) in [4.78, 5) is 0.425. The van der Waals surface area contributed by atoms with Crippen LogP contribution in [0, 0.1) is 0 Å². The predicted molar refractivity (Wildman–Crippen MR) is 91.5 cm³/mol. The third-order valence-corrected chi connectivity index (χ3v) is 8.01. The predicted octanol–water partition coefficient (Wildman–Crippen LogP) is 5.16. The highest BCUT2D eigenvalue weighted by Crippen LogP contribution is 2.24. The largest absolute Gasteiger partial charge is 0.501 e. The van der Waals surface area contributed by atoms with E-state index >= 15 is 0 Å². The Morgan fingerprint density at radius 3 is 1.70 bits per heavy atom. The highest BCUT2D eigenvalue weighted by molar-refractivity contribution is 9.09. The first-order valence-corrected chi connectivity index (χ1v) is 10.8. The van der Waals surface area contributed by atoms with E-state index in [1.54, 1.807) is 21.3 Å². The first-order chi connectivity index (χ1) is 9.64. The lowest BCUT2D eigenvalue weighted by atomic mass is 10.1. The number of hydrogen-bond donors (Lipinski definition) is 0. The van der Waals surface area contributed by atoms with Gasteiger partial charge in [0, 0.05) is 32.2 Å². The van der Waals surface area contributed by atoms with Crippen LogP contribution in [0.15, 0.2) is 0 Å². The maximum atomic E-state index is 5.45. The van der Waals surface area contributed by atoms with Gasteiger partial charge in [-0.15, -0.1) is 0 Å². The zero-order valence-corrected chi connectivity index (χ0v) is 16.3. The molecule has 0 spiro atoms. The van der Waals surface area contributed by atoms with Gasteiger partial charge in [-0.05, 0) is 6.42 Å². The van der Waals surface area contributed by atoms with Gasteiger partial charge in [-0.2, -0.15) is 0 Å². The van der Waals surface area contributed by atoms with Gasteiger partial charge in [0.05, 0.1) is 0 Å². The zero-order chi connectivity index (χ0) is 15.3. The smallest absolute Gasteiger partial charge is 0.377 e. The molecular formula is C15H33BrO3Si. The van der Waals surface area contributed by atoms with Gasteiger partial charge in [0.2, 0.25) is 0 Å². The van der Waals surface area contributed by atoms with E-state index in [1.807, 2.05) is 0 Å². The summed E-state index contributed by atoms with van der Waals surface area (Å²) in [6.45, 7) is 2.26. The minimum Gasteiger partial charge on any atom is -0.377 e. The fourth-order valence-corrected chi connectivity index (χ4v) is 5.63. The Kier molecular flexibility index (Phi) is 13.6. The van der Waals surface area contributed by atoms with Crippen LogP contribution in [-0.2, 0) is 13.3 Å². The highest BCUT2D eigenvalue weighted by Gasteiger charge is 2.39. The van der Waals surface area contributed by atoms with Crippen LogP contribution >= 0.6 is 15.9 Å². The standard InChI is InChI=1S/C15H33BrO3Si/c1-5-6-7-8-9-10-11-12-13-15(16)14-20(17-2,18-3)19-4/h15H,5-14H2,1-4H3. The number of unbranched alkanes of at least 4 members (excludes halogenated alkanes) is 7. The van der Waals surface area contributed by atoms with Crippen molar-refractivity contribution in [2.75, 3.05) is 21.3 Å². The number of halogens is 1. The van der Waals surface area contributed by atoms with Gasteiger partial charge in [0.25, 0.3) is 0 Å². The van der Waals surface area contributed by atoms with E-state index in [-0.39, 0.29) is 0 Å². The zero-order valence-electron chi connectivity index (χ0n) is 13.8. The second kappa shape index (κ2) is 13.3. The van der Waals surface area contributed by atoms with Gasteiger partial charge in [0.1, 0.15) is 0 Å². The molecule has 1 atom stereocenters. The van der Waals surface area contributed by atoms with Crippen LogP contribution < -0.4 is 0 Å². The third-order valence-electron chi connectivity index (χ3n) is 3.78. The lowest BCUT2D eigenvalue weighted by Gasteiger charge is -2.26. The quantitative estimate of drug-likeness (QED) is 0.240. The molecule has 0 aromatic carbocycles. The molecule has 0 aliphatic carbocycles. The lowest BCUT2D eigenvalue weighted by molar-refractivity contribution is 0.123. The van der Waals surface area contributed by atoms with Gasteiger partial charge in [-0.1, -0.05) is 74.2 Å². The van der Waals surface area contributed by atoms with Crippen LogP contribution in [-0.4, -0.2) is 35.0 Å². The summed E-state index contributed by atoms with van der Waals surface area (Å²) in [5.74, 6) is 0.